The molecule has 1 saturated carbocycles. The molecule has 11 heteroatoms. The number of carbonyl (C=O) groups is 1. The van der Waals surface area contributed by atoms with Crippen LogP contribution >= 0.6 is 0 Å². The summed E-state index contributed by atoms with van der Waals surface area (Å²) in [5.74, 6) is -3.20. The molecule has 2 aliphatic carbocycles. The lowest BCUT2D eigenvalue weighted by Crippen LogP contribution is -2.39. The van der Waals surface area contributed by atoms with E-state index in [-0.39, 0.29) is 28.0 Å². The van der Waals surface area contributed by atoms with Crippen LogP contribution in [0.4, 0.5) is 20.2 Å². The zero-order chi connectivity index (χ0) is 28.8. The van der Waals surface area contributed by atoms with E-state index in [9.17, 15) is 19.1 Å². The third-order valence-electron chi connectivity index (χ3n) is 9.05. The van der Waals surface area contributed by atoms with E-state index in [1.165, 1.54) is 16.8 Å². The van der Waals surface area contributed by atoms with Gasteiger partial charge < -0.3 is 25.6 Å². The molecule has 3 aliphatic rings. The van der Waals surface area contributed by atoms with Gasteiger partial charge in [-0.1, -0.05) is 0 Å². The van der Waals surface area contributed by atoms with Crippen molar-refractivity contribution >= 4 is 28.4 Å². The second-order valence-electron chi connectivity index (χ2n) is 11.4. The first-order chi connectivity index (χ1) is 19.6. The van der Waals surface area contributed by atoms with Gasteiger partial charge in [-0.05, 0) is 30.9 Å². The van der Waals surface area contributed by atoms with Crippen molar-refractivity contribution in [2.24, 2.45) is 18.2 Å². The first-order valence-corrected chi connectivity index (χ1v) is 13.6. The summed E-state index contributed by atoms with van der Waals surface area (Å²) in [6, 6.07) is 2.87. The summed E-state index contributed by atoms with van der Waals surface area (Å²) < 4.78 is 32.0. The number of aryl methyl sites for hydroxylation is 1. The standard InChI is InChI=1S/C30H28F2N6O3/c1-34-20-8-19(31)25(32)23-15(20)7-21-24(23)26(38-5-3-4-30(13-38)9-22(30)33)17(11-35-21)14-6-16-27(39)18(29(40)41)12-37(2)28(16)36-10-14/h6,8,10-12,22,34H,3-5,7,9,13,33H2,1-2H3,(H,40,41)/t22-,30-/m0/s1. The number of pyridine rings is 3. The number of carboxylic acid groups (broad SMARTS) is 1. The number of hydrogen-bond acceptors (Lipinski definition) is 7. The molecule has 0 radical (unpaired) electrons. The number of aromatic nitrogens is 3. The lowest BCUT2D eigenvalue weighted by molar-refractivity contribution is 0.0695. The normalized spacial score (nSPS) is 20.8. The molecule has 7 rings (SSSR count). The summed E-state index contributed by atoms with van der Waals surface area (Å²) in [5.41, 5.74) is 9.99. The van der Waals surface area contributed by atoms with Crippen LogP contribution in [-0.2, 0) is 13.5 Å². The zero-order valence-corrected chi connectivity index (χ0v) is 22.6. The van der Waals surface area contributed by atoms with Crippen molar-refractivity contribution in [1.82, 2.24) is 14.5 Å². The lowest BCUT2D eigenvalue weighted by atomic mass is 9.90. The zero-order valence-electron chi connectivity index (χ0n) is 22.6. The summed E-state index contributed by atoms with van der Waals surface area (Å²) in [6.07, 6.45) is 7.68. The van der Waals surface area contributed by atoms with Crippen LogP contribution in [0.5, 0.6) is 0 Å². The van der Waals surface area contributed by atoms with Crippen LogP contribution < -0.4 is 21.4 Å². The molecule has 1 aliphatic heterocycles. The summed E-state index contributed by atoms with van der Waals surface area (Å²) >= 11 is 0. The third-order valence-corrected chi connectivity index (χ3v) is 9.05. The number of rotatable bonds is 4. The number of aromatic carboxylic acids is 1. The summed E-state index contributed by atoms with van der Waals surface area (Å²) in [6.45, 7) is 1.35. The van der Waals surface area contributed by atoms with Gasteiger partial charge in [-0.15, -0.1) is 0 Å². The Morgan fingerprint density at radius 2 is 2.00 bits per heavy atom. The minimum atomic E-state index is -1.33. The van der Waals surface area contributed by atoms with E-state index in [0.29, 0.717) is 64.5 Å². The number of fused-ring (bicyclic) bond motifs is 4. The molecule has 2 atom stereocenters. The number of piperidine rings is 1. The van der Waals surface area contributed by atoms with Gasteiger partial charge in [-0.25, -0.2) is 18.6 Å². The van der Waals surface area contributed by atoms with Gasteiger partial charge in [0, 0.05) is 97.7 Å². The molecule has 1 aromatic carbocycles. The van der Waals surface area contributed by atoms with Crippen molar-refractivity contribution in [3.8, 4) is 22.3 Å². The Labute approximate surface area is 233 Å². The van der Waals surface area contributed by atoms with E-state index in [2.05, 4.69) is 15.2 Å². The fourth-order valence-corrected chi connectivity index (χ4v) is 6.84. The molecule has 4 aromatic rings. The van der Waals surface area contributed by atoms with E-state index in [4.69, 9.17) is 10.7 Å². The van der Waals surface area contributed by atoms with Crippen molar-refractivity contribution in [2.45, 2.75) is 31.7 Å². The van der Waals surface area contributed by atoms with Crippen LogP contribution in [0.15, 0.2) is 35.5 Å². The van der Waals surface area contributed by atoms with Crippen molar-refractivity contribution in [2.75, 3.05) is 30.4 Å². The molecule has 210 valence electrons. The van der Waals surface area contributed by atoms with Gasteiger partial charge in [-0.3, -0.25) is 9.78 Å². The smallest absolute Gasteiger partial charge is 0.341 e. The van der Waals surface area contributed by atoms with Crippen molar-refractivity contribution in [1.29, 1.82) is 0 Å². The van der Waals surface area contributed by atoms with Crippen molar-refractivity contribution in [3.63, 3.8) is 0 Å². The fraction of sp³-hybridized carbons (Fsp3) is 0.333. The Morgan fingerprint density at radius 3 is 2.71 bits per heavy atom. The molecule has 0 unspecified atom stereocenters. The number of carboxylic acids is 1. The predicted molar refractivity (Wildman–Crippen MR) is 151 cm³/mol. The second kappa shape index (κ2) is 8.81. The SMILES string of the molecule is CNc1cc(F)c(F)c2c1Cc1ncc(-c3cnc4c(c3)c(=O)c(C(=O)O)cn4C)c(N3CCC[C@]4(C[C@@H]4N)C3)c1-2. The summed E-state index contributed by atoms with van der Waals surface area (Å²) in [4.78, 5) is 36.3. The quantitative estimate of drug-likeness (QED) is 0.303. The van der Waals surface area contributed by atoms with Gasteiger partial charge in [-0.2, -0.15) is 0 Å². The van der Waals surface area contributed by atoms with Crippen LogP contribution in [0.25, 0.3) is 33.3 Å². The van der Waals surface area contributed by atoms with E-state index < -0.39 is 23.0 Å². The average molecular weight is 559 g/mol. The van der Waals surface area contributed by atoms with Gasteiger partial charge in [0.05, 0.1) is 16.8 Å². The number of anilines is 2. The molecule has 3 aromatic heterocycles. The number of nitrogens with two attached hydrogens (primary N) is 1. The van der Waals surface area contributed by atoms with E-state index in [1.807, 2.05) is 0 Å². The molecule has 41 heavy (non-hydrogen) atoms. The number of hydrogen-bond donors (Lipinski definition) is 3. The van der Waals surface area contributed by atoms with Crippen molar-refractivity contribution < 1.29 is 18.7 Å². The predicted octanol–water partition coefficient (Wildman–Crippen LogP) is 3.90. The first-order valence-electron chi connectivity index (χ1n) is 13.6. The minimum absolute atomic E-state index is 0.0301. The highest BCUT2D eigenvalue weighted by Gasteiger charge is 2.54. The van der Waals surface area contributed by atoms with E-state index in [0.717, 1.165) is 19.3 Å². The number of halogens is 2. The highest BCUT2D eigenvalue weighted by Crippen LogP contribution is 2.55. The monoisotopic (exact) mass is 558 g/mol. The Balaban J connectivity index is 1.51. The van der Waals surface area contributed by atoms with Crippen LogP contribution in [0, 0.1) is 17.0 Å². The van der Waals surface area contributed by atoms with Gasteiger partial charge in [0.2, 0.25) is 5.43 Å². The highest BCUT2D eigenvalue weighted by molar-refractivity contribution is 5.98. The first kappa shape index (κ1) is 25.6. The Bertz CT molecular complexity index is 1870. The van der Waals surface area contributed by atoms with Crippen LogP contribution in [-0.4, -0.2) is 51.8 Å². The molecule has 4 heterocycles. The third kappa shape index (κ3) is 3.68. The van der Waals surface area contributed by atoms with Crippen LogP contribution in [0.3, 0.4) is 0 Å². The topological polar surface area (TPSA) is 126 Å². The number of nitrogens with zero attached hydrogens (tertiary/aromatic N) is 4. The Hall–Kier alpha value is -4.38. The fourth-order valence-electron chi connectivity index (χ4n) is 6.84. The van der Waals surface area contributed by atoms with E-state index >= 15 is 4.39 Å². The molecule has 4 N–H and O–H groups in total. The lowest BCUT2D eigenvalue weighted by Gasteiger charge is -2.37. The molecule has 9 nitrogen and oxygen atoms in total. The molecule has 0 bridgehead atoms. The van der Waals surface area contributed by atoms with Crippen LogP contribution in [0.1, 0.15) is 40.9 Å². The molecule has 1 spiro atoms. The Kier molecular flexibility index (Phi) is 5.50. The Morgan fingerprint density at radius 1 is 1.22 bits per heavy atom. The summed E-state index contributed by atoms with van der Waals surface area (Å²) in [5, 5.41) is 12.7. The molecule has 1 saturated heterocycles. The van der Waals surface area contributed by atoms with E-state index in [1.54, 1.807) is 32.6 Å². The van der Waals surface area contributed by atoms with Gasteiger partial charge in [0.1, 0.15) is 11.2 Å². The van der Waals surface area contributed by atoms with Gasteiger partial charge in [0.25, 0.3) is 0 Å². The molecular weight excluding hydrogens is 530 g/mol. The molecule has 2 fully saturated rings. The average Bonchev–Trinajstić information content (AvgIpc) is 3.38. The number of benzene rings is 1. The molecule has 0 amide bonds. The maximum atomic E-state index is 15.7. The molecular formula is C30H28F2N6O3. The summed E-state index contributed by atoms with van der Waals surface area (Å²) in [7, 11) is 3.30. The van der Waals surface area contributed by atoms with Gasteiger partial charge in [0.15, 0.2) is 11.6 Å². The number of nitrogens with one attached hydrogen (secondary N) is 1. The maximum Gasteiger partial charge on any atom is 0.341 e. The van der Waals surface area contributed by atoms with Gasteiger partial charge >= 0.3 is 5.97 Å². The minimum Gasteiger partial charge on any atom is -0.477 e. The highest BCUT2D eigenvalue weighted by atomic mass is 19.2. The largest absolute Gasteiger partial charge is 0.477 e. The van der Waals surface area contributed by atoms with Crippen LogP contribution in [0.2, 0.25) is 0 Å². The van der Waals surface area contributed by atoms with Crippen molar-refractivity contribution in [3.05, 3.63) is 69.4 Å². The second-order valence-corrected chi connectivity index (χ2v) is 11.4. The maximum absolute atomic E-state index is 15.7.